The maximum Gasteiger partial charge on any atom is 0.352 e. The molecule has 0 spiro atoms. The van der Waals surface area contributed by atoms with Gasteiger partial charge in [-0.2, -0.15) is 0 Å². The first-order chi connectivity index (χ1) is 23.6. The van der Waals surface area contributed by atoms with Crippen LogP contribution in [-0.4, -0.2) is 138 Å². The molecule has 3 fully saturated rings. The third kappa shape index (κ3) is 6.40. The van der Waals surface area contributed by atoms with Crippen molar-refractivity contribution in [2.24, 2.45) is 17.0 Å². The number of nitrogens with zero attached hydrogens (tertiary/aromatic N) is 5. The summed E-state index contributed by atoms with van der Waals surface area (Å²) in [5, 5.41) is 45.9. The number of oxime groups is 1. The second-order valence-electron chi connectivity index (χ2n) is 12.9. The van der Waals surface area contributed by atoms with Crippen molar-refractivity contribution in [3.63, 3.8) is 0 Å². The van der Waals surface area contributed by atoms with Crippen molar-refractivity contribution < 1.29 is 53.7 Å². The van der Waals surface area contributed by atoms with Gasteiger partial charge in [-0.15, -0.1) is 23.1 Å². The molecule has 4 aliphatic rings. The Bertz CT molecular complexity index is 1850. The number of aromatic hydroxyl groups is 2. The number of nitrogens with two attached hydrogens (primary N) is 1. The van der Waals surface area contributed by atoms with Crippen molar-refractivity contribution in [2.75, 3.05) is 51.3 Å². The summed E-state index contributed by atoms with van der Waals surface area (Å²) in [7, 11) is 2.02. The molecule has 0 bridgehead atoms. The van der Waals surface area contributed by atoms with Gasteiger partial charge in [0, 0.05) is 41.6 Å². The highest BCUT2D eigenvalue weighted by Gasteiger charge is 2.56. The molecule has 4 aliphatic heterocycles. The molecule has 1 aromatic heterocycles. The number of amides is 3. The van der Waals surface area contributed by atoms with Crippen molar-refractivity contribution in [3.05, 3.63) is 45.1 Å². The predicted octanol–water partition coefficient (Wildman–Crippen LogP) is 0.571. The van der Waals surface area contributed by atoms with Crippen LogP contribution in [0.3, 0.4) is 0 Å². The van der Waals surface area contributed by atoms with Crippen molar-refractivity contribution >= 4 is 75.2 Å². The Morgan fingerprint density at radius 3 is 2.48 bits per heavy atom. The van der Waals surface area contributed by atoms with E-state index in [4.69, 9.17) is 27.3 Å². The summed E-state index contributed by atoms with van der Waals surface area (Å²) < 4.78 is 0.503. The fourth-order valence-electron chi connectivity index (χ4n) is 7.00. The number of halogens is 1. The van der Waals surface area contributed by atoms with Gasteiger partial charge in [-0.25, -0.2) is 14.6 Å². The number of thioether (sulfide) groups is 1. The number of fused-ring (bicyclic) bond motifs is 2. The molecule has 266 valence electrons. The van der Waals surface area contributed by atoms with Crippen molar-refractivity contribution in [1.29, 1.82) is 0 Å². The fourth-order valence-corrected chi connectivity index (χ4v) is 9.12. The second-order valence-corrected chi connectivity index (χ2v) is 15.3. The van der Waals surface area contributed by atoms with Gasteiger partial charge in [0.15, 0.2) is 22.3 Å². The second kappa shape index (κ2) is 13.3. The molecular weight excluding hydrogens is 718 g/mol. The van der Waals surface area contributed by atoms with Gasteiger partial charge in [0.1, 0.15) is 29.4 Å². The van der Waals surface area contributed by atoms with Gasteiger partial charge in [-0.05, 0) is 19.1 Å². The first-order valence-electron chi connectivity index (χ1n) is 15.3. The number of hydrogen-bond donors (Lipinski definition) is 6. The van der Waals surface area contributed by atoms with E-state index in [1.807, 2.05) is 7.05 Å². The number of likely N-dealkylation sites (tertiary alicyclic amines) is 2. The van der Waals surface area contributed by atoms with Gasteiger partial charge >= 0.3 is 11.9 Å². The lowest BCUT2D eigenvalue weighted by molar-refractivity contribution is -0.896. The number of carbonyl (C=O) groups is 5. The Morgan fingerprint density at radius 1 is 1.20 bits per heavy atom. The number of carboxylic acids is 2. The smallest absolute Gasteiger partial charge is 0.352 e. The van der Waals surface area contributed by atoms with Crippen molar-refractivity contribution in [1.82, 2.24) is 20.1 Å². The normalized spacial score (nSPS) is 26.6. The Kier molecular flexibility index (Phi) is 9.35. The number of likely N-dealkylation sites (N-methyl/N-ethyl adjacent to an activating group) is 1. The number of carbonyl (C=O) groups excluding carboxylic acids is 3. The van der Waals surface area contributed by atoms with E-state index in [0.29, 0.717) is 48.5 Å². The van der Waals surface area contributed by atoms with Gasteiger partial charge < -0.3 is 45.7 Å². The number of benzene rings is 1. The molecule has 1 unspecified atom stereocenters. The molecular formula is C30H33ClN7O10S2+. The molecule has 0 aliphatic carbocycles. The molecule has 20 heteroatoms. The molecule has 3 saturated heterocycles. The minimum atomic E-state index is -1.38. The van der Waals surface area contributed by atoms with Crippen LogP contribution >= 0.6 is 34.7 Å². The number of rotatable bonds is 10. The molecule has 17 nitrogen and oxygen atoms in total. The zero-order chi connectivity index (χ0) is 36.2. The van der Waals surface area contributed by atoms with Gasteiger partial charge in [0.2, 0.25) is 6.10 Å². The van der Waals surface area contributed by atoms with Crippen molar-refractivity contribution in [3.8, 4) is 11.5 Å². The standard InChI is InChI=1S/C30H32ClN7O10S2/c1-12(28(44)45)48-35-20(17-11-50-30(32)33-17)24(41)34-21-26(43)37-22(29(46)47)15(10-49-27(21)37)9-38(2)7-13-5-36(6-14(13)8-38)25(42)16-3-4-18(39)23(40)19(16)31/h3-4,11-14,21,27H,5-10H2,1-2H3,(H6-,32,33,34,35,39,40,41,42,44,45,46,47)/p+1/t12-,13-,14+,21-,27-,38?/m1/s1. The maximum absolute atomic E-state index is 13.4. The van der Waals surface area contributed by atoms with E-state index in [2.05, 4.69) is 15.5 Å². The fraction of sp³-hybridized carbons (Fsp3) is 0.433. The third-order valence-corrected chi connectivity index (χ3v) is 11.7. The van der Waals surface area contributed by atoms with E-state index < -0.39 is 58.5 Å². The van der Waals surface area contributed by atoms with Gasteiger partial charge in [-0.3, -0.25) is 19.3 Å². The predicted molar refractivity (Wildman–Crippen MR) is 179 cm³/mol. The quantitative estimate of drug-likeness (QED) is 0.0640. The van der Waals surface area contributed by atoms with Crippen LogP contribution in [0.5, 0.6) is 11.5 Å². The van der Waals surface area contributed by atoms with E-state index in [0.717, 1.165) is 11.3 Å². The van der Waals surface area contributed by atoms with E-state index in [-0.39, 0.29) is 44.9 Å². The number of carboxylic acid groups (broad SMARTS) is 2. The average molecular weight is 751 g/mol. The number of aromatic nitrogens is 1. The first kappa shape index (κ1) is 35.2. The van der Waals surface area contributed by atoms with Crippen LogP contribution < -0.4 is 11.1 Å². The van der Waals surface area contributed by atoms with Crippen molar-refractivity contribution in [2.45, 2.75) is 24.4 Å². The summed E-state index contributed by atoms with van der Waals surface area (Å²) in [6.45, 7) is 3.79. The highest BCUT2D eigenvalue weighted by molar-refractivity contribution is 8.00. The molecule has 1 aromatic carbocycles. The highest BCUT2D eigenvalue weighted by Crippen LogP contribution is 2.43. The molecule has 50 heavy (non-hydrogen) atoms. The Labute approximate surface area is 297 Å². The molecule has 0 radical (unpaired) electrons. The number of thiazole rings is 1. The monoisotopic (exact) mass is 750 g/mol. The lowest BCUT2D eigenvalue weighted by Gasteiger charge is -2.50. The lowest BCUT2D eigenvalue weighted by atomic mass is 10.0. The van der Waals surface area contributed by atoms with E-state index in [9.17, 15) is 39.3 Å². The summed E-state index contributed by atoms with van der Waals surface area (Å²) in [4.78, 5) is 75.5. The number of quaternary nitrogens is 1. The Hall–Kier alpha value is -4.59. The molecule has 6 rings (SSSR count). The first-order valence-corrected chi connectivity index (χ1v) is 17.6. The van der Waals surface area contributed by atoms with Crippen LogP contribution in [0.15, 0.2) is 33.9 Å². The summed E-state index contributed by atoms with van der Waals surface area (Å²) in [5.41, 5.74) is 5.86. The minimum Gasteiger partial charge on any atom is -0.504 e. The van der Waals surface area contributed by atoms with E-state index >= 15 is 0 Å². The zero-order valence-corrected chi connectivity index (χ0v) is 29.0. The SMILES string of the molecule is C[C@@H](ON=C(C(=O)N[C@@H]1C(=O)N2C(C(=O)O)=C(C[N+]3(C)C[C@H]4CN(C(=O)c5ccc(O)c(O)c5Cl)C[C@H]4C3)CS[C@H]12)c1csc(N)n1)C(=O)O. The third-order valence-electron chi connectivity index (χ3n) is 9.28. The van der Waals surface area contributed by atoms with E-state index in [1.165, 1.54) is 41.1 Å². The largest absolute Gasteiger partial charge is 0.504 e. The molecule has 6 atom stereocenters. The van der Waals surface area contributed by atoms with Gasteiger partial charge in [0.05, 0.1) is 30.7 Å². The molecule has 2 aromatic rings. The van der Waals surface area contributed by atoms with Gasteiger partial charge in [-0.1, -0.05) is 16.8 Å². The molecule has 3 amide bonds. The number of hydrogen-bond acceptors (Lipinski definition) is 13. The number of nitrogen functional groups attached to an aromatic ring is 1. The maximum atomic E-state index is 13.4. The number of phenolic OH excluding ortho intramolecular Hbond substituents is 2. The highest BCUT2D eigenvalue weighted by atomic mass is 35.5. The van der Waals surface area contributed by atoms with E-state index in [1.54, 1.807) is 4.90 Å². The zero-order valence-electron chi connectivity index (χ0n) is 26.6. The average Bonchev–Trinajstić information content (AvgIpc) is 3.74. The lowest BCUT2D eigenvalue weighted by Crippen LogP contribution is -2.71. The number of aliphatic carboxylic acids is 2. The minimum absolute atomic E-state index is 0.0131. The molecule has 5 heterocycles. The van der Waals surface area contributed by atoms with Gasteiger partial charge in [0.25, 0.3) is 17.7 Å². The number of anilines is 1. The van der Waals surface area contributed by atoms with Crippen LogP contribution in [-0.2, 0) is 24.0 Å². The van der Waals surface area contributed by atoms with Crippen LogP contribution in [0.25, 0.3) is 0 Å². The molecule has 7 N–H and O–H groups in total. The summed E-state index contributed by atoms with van der Waals surface area (Å²) >= 11 is 8.46. The number of β-lactam (4-membered cyclic amide) rings is 1. The summed E-state index contributed by atoms with van der Waals surface area (Å²) in [6.07, 6.45) is -1.38. The van der Waals surface area contributed by atoms with Crippen LogP contribution in [0.2, 0.25) is 5.02 Å². The Morgan fingerprint density at radius 2 is 1.88 bits per heavy atom. The summed E-state index contributed by atoms with van der Waals surface area (Å²) in [5.74, 6) is -4.87. The Balaban J connectivity index is 1.13. The summed E-state index contributed by atoms with van der Waals surface area (Å²) in [6, 6.07) is 1.49. The number of phenols is 2. The number of nitrogens with one attached hydrogen (secondary N) is 1. The topological polar surface area (TPSA) is 245 Å². The molecule has 0 saturated carbocycles. The van der Waals surface area contributed by atoms with Crippen LogP contribution in [0.1, 0.15) is 23.0 Å². The van der Waals surface area contributed by atoms with Crippen LogP contribution in [0, 0.1) is 11.8 Å². The van der Waals surface area contributed by atoms with Crippen LogP contribution in [0.4, 0.5) is 5.13 Å².